The zero-order valence-electron chi connectivity index (χ0n) is 29.6. The van der Waals surface area contributed by atoms with Crippen LogP contribution in [0.25, 0.3) is 0 Å². The molecule has 2 aromatic carbocycles. The lowest BCUT2D eigenvalue weighted by atomic mass is 10.1. The van der Waals surface area contributed by atoms with Crippen molar-refractivity contribution in [2.45, 2.75) is 38.5 Å². The predicted octanol–water partition coefficient (Wildman–Crippen LogP) is 2.66. The first-order valence-corrected chi connectivity index (χ1v) is 18.1. The molecule has 0 spiro atoms. The maximum Gasteiger partial charge on any atom is 0.261 e. The Morgan fingerprint density at radius 1 is 0.442 bits per heavy atom. The zero-order chi connectivity index (χ0) is 36.7. The average Bonchev–Trinajstić information content (AvgIpc) is 3.54. The highest BCUT2D eigenvalue weighted by atomic mass is 16.5. The number of carbonyl (C=O) groups excluding carboxylic acids is 6. The highest BCUT2D eigenvalue weighted by Gasteiger charge is 2.35. The Morgan fingerprint density at radius 3 is 1.02 bits per heavy atom. The Bertz CT molecular complexity index is 1380. The lowest BCUT2D eigenvalue weighted by Crippen LogP contribution is -2.38. The van der Waals surface area contributed by atoms with Gasteiger partial charge in [-0.05, 0) is 49.9 Å². The van der Waals surface area contributed by atoms with Gasteiger partial charge in [0.2, 0.25) is 11.8 Å². The number of ether oxygens (including phenoxy) is 4. The van der Waals surface area contributed by atoms with E-state index in [9.17, 15) is 28.8 Å². The smallest absolute Gasteiger partial charge is 0.261 e. The van der Waals surface area contributed by atoms with E-state index in [2.05, 4.69) is 0 Å². The van der Waals surface area contributed by atoms with Crippen LogP contribution in [0.1, 0.15) is 80.0 Å². The van der Waals surface area contributed by atoms with E-state index in [-0.39, 0.29) is 61.4 Å². The van der Waals surface area contributed by atoms with Crippen molar-refractivity contribution in [1.82, 2.24) is 19.6 Å². The molecule has 6 amide bonds. The minimum Gasteiger partial charge on any atom is -0.377 e. The lowest BCUT2D eigenvalue weighted by Gasteiger charge is -2.24. The maximum atomic E-state index is 13.1. The van der Waals surface area contributed by atoms with E-state index in [1.54, 1.807) is 58.3 Å². The first-order chi connectivity index (χ1) is 25.4. The van der Waals surface area contributed by atoms with E-state index in [1.807, 2.05) is 0 Å². The van der Waals surface area contributed by atoms with Crippen molar-refractivity contribution < 1.29 is 47.7 Å². The first kappa shape index (κ1) is 38.7. The summed E-state index contributed by atoms with van der Waals surface area (Å²) in [5.74, 6) is -1.27. The Labute approximate surface area is 303 Å². The fourth-order valence-corrected chi connectivity index (χ4v) is 6.36. The van der Waals surface area contributed by atoms with Gasteiger partial charge in [-0.25, -0.2) is 0 Å². The van der Waals surface area contributed by atoms with Crippen LogP contribution in [0.2, 0.25) is 0 Å². The van der Waals surface area contributed by atoms with Gasteiger partial charge in [-0.2, -0.15) is 0 Å². The summed E-state index contributed by atoms with van der Waals surface area (Å²) in [5.41, 5.74) is 1.68. The van der Waals surface area contributed by atoms with E-state index < -0.39 is 0 Å². The molecule has 3 aliphatic heterocycles. The zero-order valence-corrected chi connectivity index (χ0v) is 29.6. The van der Waals surface area contributed by atoms with Crippen molar-refractivity contribution in [3.05, 3.63) is 70.8 Å². The van der Waals surface area contributed by atoms with Gasteiger partial charge in [0.15, 0.2) is 0 Å². The molecule has 0 N–H and O–H groups in total. The summed E-state index contributed by atoms with van der Waals surface area (Å²) in [6, 6.07) is 13.6. The number of carbonyl (C=O) groups is 6. The van der Waals surface area contributed by atoms with Gasteiger partial charge in [0.05, 0.1) is 75.1 Å². The second-order valence-electron chi connectivity index (χ2n) is 12.7. The number of benzene rings is 2. The maximum absolute atomic E-state index is 13.1. The average molecular weight is 721 g/mol. The predicted molar refractivity (Wildman–Crippen MR) is 188 cm³/mol. The molecule has 1 saturated heterocycles. The van der Waals surface area contributed by atoms with Crippen LogP contribution >= 0.6 is 0 Å². The van der Waals surface area contributed by atoms with Crippen LogP contribution in [-0.2, 0) is 28.5 Å². The third-order valence-electron chi connectivity index (χ3n) is 9.27. The number of imide groups is 2. The molecule has 3 heterocycles. The molecule has 0 bridgehead atoms. The van der Waals surface area contributed by atoms with Gasteiger partial charge in [0.25, 0.3) is 23.6 Å². The summed E-state index contributed by atoms with van der Waals surface area (Å²) >= 11 is 0. The Hall–Kier alpha value is -4.50. The van der Waals surface area contributed by atoms with Crippen LogP contribution in [0.3, 0.4) is 0 Å². The van der Waals surface area contributed by atoms with E-state index in [1.165, 1.54) is 9.80 Å². The topological polar surface area (TPSA) is 152 Å². The summed E-state index contributed by atoms with van der Waals surface area (Å²) in [6.07, 6.45) is 2.65. The minimum atomic E-state index is -0.292. The van der Waals surface area contributed by atoms with Crippen LogP contribution in [0.5, 0.6) is 0 Å². The van der Waals surface area contributed by atoms with E-state index in [0.29, 0.717) is 127 Å². The molecule has 2 aromatic rings. The second kappa shape index (κ2) is 19.9. The fourth-order valence-electron chi connectivity index (χ4n) is 6.36. The number of rotatable bonds is 10. The minimum absolute atomic E-state index is 0.0511. The molecule has 0 aliphatic carbocycles. The van der Waals surface area contributed by atoms with Crippen molar-refractivity contribution in [2.75, 3.05) is 92.1 Å². The molecule has 1 fully saturated rings. The lowest BCUT2D eigenvalue weighted by molar-refractivity contribution is -0.134. The Kier molecular flexibility index (Phi) is 14.8. The number of unbranched alkanes of at least 4 members (excludes halogenated alkanes) is 2. The van der Waals surface area contributed by atoms with Gasteiger partial charge in [-0.3, -0.25) is 38.6 Å². The third kappa shape index (κ3) is 10.3. The van der Waals surface area contributed by atoms with Crippen molar-refractivity contribution in [2.24, 2.45) is 0 Å². The number of hydrogen-bond donors (Lipinski definition) is 0. The van der Waals surface area contributed by atoms with Crippen molar-refractivity contribution >= 4 is 35.4 Å². The highest BCUT2D eigenvalue weighted by Crippen LogP contribution is 2.24. The normalized spacial score (nSPS) is 18.3. The van der Waals surface area contributed by atoms with Gasteiger partial charge in [-0.15, -0.1) is 0 Å². The number of hydrogen-bond acceptors (Lipinski definition) is 10. The molecular formula is C38H48N4O10. The summed E-state index contributed by atoms with van der Waals surface area (Å²) in [4.78, 5) is 82.5. The summed E-state index contributed by atoms with van der Waals surface area (Å²) in [6.45, 7) is 4.63. The summed E-state index contributed by atoms with van der Waals surface area (Å²) < 4.78 is 22.9. The van der Waals surface area contributed by atoms with Crippen molar-refractivity contribution in [1.29, 1.82) is 0 Å². The molecule has 14 heteroatoms. The SMILES string of the molecule is O=C(CCCCN1C(=O)c2ccccc2C1=O)N1CCOCCOCCN(C(=O)CCCCN2C(=O)c3ccccc3C2=O)CCOCCOCC1. The molecule has 0 radical (unpaired) electrons. The number of amides is 6. The molecule has 52 heavy (non-hydrogen) atoms. The van der Waals surface area contributed by atoms with E-state index in [0.717, 1.165) is 0 Å². The molecule has 0 aromatic heterocycles. The number of fused-ring (bicyclic) bond motifs is 2. The van der Waals surface area contributed by atoms with E-state index in [4.69, 9.17) is 18.9 Å². The van der Waals surface area contributed by atoms with Gasteiger partial charge >= 0.3 is 0 Å². The molecule has 0 atom stereocenters. The molecule has 14 nitrogen and oxygen atoms in total. The highest BCUT2D eigenvalue weighted by molar-refractivity contribution is 6.22. The van der Waals surface area contributed by atoms with Crippen LogP contribution in [-0.4, -0.2) is 147 Å². The second-order valence-corrected chi connectivity index (χ2v) is 12.7. The Morgan fingerprint density at radius 2 is 0.731 bits per heavy atom. The summed E-state index contributed by atoms with van der Waals surface area (Å²) in [5, 5.41) is 0. The molecule has 280 valence electrons. The van der Waals surface area contributed by atoms with Gasteiger partial charge < -0.3 is 28.7 Å². The molecule has 3 aliphatic rings. The first-order valence-electron chi connectivity index (χ1n) is 18.1. The van der Waals surface area contributed by atoms with Crippen molar-refractivity contribution in [3.63, 3.8) is 0 Å². The van der Waals surface area contributed by atoms with Crippen LogP contribution in [0.15, 0.2) is 48.5 Å². The van der Waals surface area contributed by atoms with Gasteiger partial charge in [-0.1, -0.05) is 24.3 Å². The molecular weight excluding hydrogens is 672 g/mol. The van der Waals surface area contributed by atoms with Gasteiger partial charge in [0, 0.05) is 52.1 Å². The Balaban J connectivity index is 0.981. The molecule has 0 unspecified atom stereocenters. The largest absolute Gasteiger partial charge is 0.377 e. The van der Waals surface area contributed by atoms with Crippen LogP contribution in [0, 0.1) is 0 Å². The van der Waals surface area contributed by atoms with Gasteiger partial charge in [0.1, 0.15) is 0 Å². The van der Waals surface area contributed by atoms with Crippen LogP contribution < -0.4 is 0 Å². The van der Waals surface area contributed by atoms with E-state index >= 15 is 0 Å². The standard InChI is InChI=1S/C38H48N4O10/c43-33(13-5-7-15-41-35(45)29-9-1-2-10-30(29)36(41)46)39-17-21-49-25-27-51-23-19-40(20-24-52-28-26-50-22-18-39)34(44)14-6-8-16-42-37(47)31-11-3-4-12-32(31)38(42)48/h1-4,9-12H,5-8,13-28H2. The van der Waals surface area contributed by atoms with Crippen molar-refractivity contribution in [3.8, 4) is 0 Å². The molecule has 0 saturated carbocycles. The quantitative estimate of drug-likeness (QED) is 0.265. The number of nitrogens with zero attached hydrogens (tertiary/aromatic N) is 4. The fraction of sp³-hybridized carbons (Fsp3) is 0.526. The summed E-state index contributed by atoms with van der Waals surface area (Å²) in [7, 11) is 0. The monoisotopic (exact) mass is 720 g/mol. The third-order valence-corrected chi connectivity index (χ3v) is 9.27. The van der Waals surface area contributed by atoms with Crippen LogP contribution in [0.4, 0.5) is 0 Å². The molecule has 5 rings (SSSR count).